The summed E-state index contributed by atoms with van der Waals surface area (Å²) in [5.74, 6) is 1.83. The van der Waals surface area contributed by atoms with Gasteiger partial charge in [0, 0.05) is 11.1 Å². The van der Waals surface area contributed by atoms with E-state index >= 15 is 0 Å². The second kappa shape index (κ2) is 9.89. The second-order valence-electron chi connectivity index (χ2n) is 12.1. The minimum absolute atomic E-state index is 0.204. The summed E-state index contributed by atoms with van der Waals surface area (Å²) in [6.45, 7) is 4.61. The van der Waals surface area contributed by atoms with Gasteiger partial charge < -0.3 is 0 Å². The van der Waals surface area contributed by atoms with Crippen molar-refractivity contribution in [1.82, 2.24) is 0 Å². The topological polar surface area (TPSA) is 37.4 Å². The summed E-state index contributed by atoms with van der Waals surface area (Å²) in [5.41, 5.74) is 7.87. The van der Waals surface area contributed by atoms with Crippen molar-refractivity contribution < 1.29 is 9.59 Å². The van der Waals surface area contributed by atoms with Crippen LogP contribution in [0.1, 0.15) is 51.3 Å². The van der Waals surface area contributed by atoms with Crippen LogP contribution in [0.4, 0.5) is 17.1 Å². The summed E-state index contributed by atoms with van der Waals surface area (Å²) in [5, 5.41) is 4.17. The molecular formula is C40H29NO2Se. The fraction of sp³-hybridized carbons (Fsp3) is 0.100. The number of rotatable bonds is 3. The van der Waals surface area contributed by atoms with Crippen molar-refractivity contribution in [3.8, 4) is 0 Å². The molecule has 0 amide bonds. The summed E-state index contributed by atoms with van der Waals surface area (Å²) >= 11 is 0.450. The SMILES string of the molecule is C[Se]c1ccc(N2c3ccccc3C(C)(C)c3c2ccc2cc(C=C4C(=O)c5cc6ccccc6cc5C4=O)ccc32)cc1. The third-order valence-corrected chi connectivity index (χ3v) is 10.8. The van der Waals surface area contributed by atoms with Gasteiger partial charge in [-0.2, -0.15) is 0 Å². The zero-order valence-electron chi connectivity index (χ0n) is 24.7. The van der Waals surface area contributed by atoms with E-state index in [-0.39, 0.29) is 22.6 Å². The Morgan fingerprint density at radius 1 is 0.659 bits per heavy atom. The van der Waals surface area contributed by atoms with Gasteiger partial charge >= 0.3 is 179 Å². The molecule has 0 unspecified atom stereocenters. The Labute approximate surface area is 263 Å². The van der Waals surface area contributed by atoms with Crippen LogP contribution in [-0.4, -0.2) is 26.5 Å². The van der Waals surface area contributed by atoms with E-state index in [9.17, 15) is 9.59 Å². The number of hydrogen-bond donors (Lipinski definition) is 0. The van der Waals surface area contributed by atoms with Crippen LogP contribution in [-0.2, 0) is 5.41 Å². The number of nitrogens with zero attached hydrogens (tertiary/aromatic N) is 1. The summed E-state index contributed by atoms with van der Waals surface area (Å²) in [6, 6.07) is 39.8. The first-order valence-electron chi connectivity index (χ1n) is 14.8. The molecule has 44 heavy (non-hydrogen) atoms. The van der Waals surface area contributed by atoms with Crippen molar-refractivity contribution in [2.75, 3.05) is 4.90 Å². The third-order valence-electron chi connectivity index (χ3n) is 9.21. The van der Waals surface area contributed by atoms with Crippen molar-refractivity contribution in [2.45, 2.75) is 25.1 Å². The molecule has 8 rings (SSSR count). The number of carbonyl (C=O) groups is 2. The van der Waals surface area contributed by atoms with Crippen molar-refractivity contribution >= 4 is 75.7 Å². The standard InChI is InChI=1S/C40H29NO2Se/c1-40(2)34-10-6-7-11-35(34)41(28-14-16-29(44-3)17-15-28)36-19-13-27-20-24(12-18-30(27)37(36)40)21-33-38(42)31-22-25-8-4-5-9-26(25)23-32(31)39(33)43/h4-23H,1-3H3. The maximum absolute atomic E-state index is 13.4. The zero-order chi connectivity index (χ0) is 30.2. The van der Waals surface area contributed by atoms with E-state index < -0.39 is 0 Å². The van der Waals surface area contributed by atoms with Gasteiger partial charge in [-0.05, 0) is 22.9 Å². The van der Waals surface area contributed by atoms with E-state index in [2.05, 4.69) is 97.4 Å². The van der Waals surface area contributed by atoms with Gasteiger partial charge in [-0.1, -0.05) is 24.3 Å². The van der Waals surface area contributed by atoms with Gasteiger partial charge in [-0.3, -0.25) is 9.59 Å². The monoisotopic (exact) mass is 635 g/mol. The van der Waals surface area contributed by atoms with Crippen LogP contribution < -0.4 is 9.36 Å². The van der Waals surface area contributed by atoms with E-state index in [1.165, 1.54) is 32.3 Å². The number of ketones is 2. The molecule has 3 nitrogen and oxygen atoms in total. The fourth-order valence-corrected chi connectivity index (χ4v) is 7.90. The van der Waals surface area contributed by atoms with Crippen LogP contribution in [0.25, 0.3) is 27.6 Å². The second-order valence-corrected chi connectivity index (χ2v) is 13.9. The minimum atomic E-state index is -0.241. The molecule has 1 heterocycles. The van der Waals surface area contributed by atoms with Gasteiger partial charge in [-0.25, -0.2) is 0 Å². The summed E-state index contributed by atoms with van der Waals surface area (Å²) in [4.78, 5) is 29.2. The Hall–Kier alpha value is -4.76. The van der Waals surface area contributed by atoms with Crippen LogP contribution in [0.2, 0.25) is 5.82 Å². The molecule has 1 aliphatic heterocycles. The van der Waals surface area contributed by atoms with E-state index in [1.807, 2.05) is 42.5 Å². The molecule has 0 bridgehead atoms. The van der Waals surface area contributed by atoms with Gasteiger partial charge in [0.2, 0.25) is 0 Å². The number of anilines is 3. The maximum atomic E-state index is 13.4. The van der Waals surface area contributed by atoms with E-state index in [4.69, 9.17) is 0 Å². The van der Waals surface area contributed by atoms with Gasteiger partial charge in [0.25, 0.3) is 0 Å². The van der Waals surface area contributed by atoms with Crippen LogP contribution in [0.5, 0.6) is 0 Å². The van der Waals surface area contributed by atoms with Crippen molar-refractivity contribution in [3.63, 3.8) is 0 Å². The molecule has 0 spiro atoms. The van der Waals surface area contributed by atoms with Crippen molar-refractivity contribution in [1.29, 1.82) is 0 Å². The Balaban J connectivity index is 1.26. The fourth-order valence-electron chi connectivity index (χ4n) is 7.05. The Kier molecular flexibility index (Phi) is 6.03. The number of para-hydroxylation sites is 1. The van der Waals surface area contributed by atoms with Crippen molar-refractivity contribution in [2.24, 2.45) is 0 Å². The Bertz CT molecular complexity index is 2170. The average molecular weight is 635 g/mol. The molecule has 0 saturated carbocycles. The molecule has 6 aromatic carbocycles. The van der Waals surface area contributed by atoms with Crippen LogP contribution in [0, 0.1) is 0 Å². The Morgan fingerprint density at radius 2 is 1.32 bits per heavy atom. The number of Topliss-reactive ketones (excluding diaryl/α,β-unsaturated/α-hetero) is 2. The summed E-state index contributed by atoms with van der Waals surface area (Å²) in [7, 11) is 0. The normalized spacial score (nSPS) is 15.0. The number of benzene rings is 6. The molecule has 0 aromatic heterocycles. The van der Waals surface area contributed by atoms with Gasteiger partial charge in [0.05, 0.1) is 5.57 Å². The average Bonchev–Trinajstić information content (AvgIpc) is 3.27. The van der Waals surface area contributed by atoms with Gasteiger partial charge in [0.15, 0.2) is 11.6 Å². The van der Waals surface area contributed by atoms with Gasteiger partial charge in [-0.15, -0.1) is 0 Å². The molecule has 6 aromatic rings. The zero-order valence-corrected chi connectivity index (χ0v) is 26.4. The molecule has 2 aliphatic rings. The third kappa shape index (κ3) is 3.95. The number of allylic oxidation sites excluding steroid dienone is 1. The van der Waals surface area contributed by atoms with Crippen LogP contribution in [0.15, 0.2) is 121 Å². The molecule has 0 saturated heterocycles. The molecule has 212 valence electrons. The molecule has 0 radical (unpaired) electrons. The molecule has 0 N–H and O–H groups in total. The first-order chi connectivity index (χ1) is 21.3. The Morgan fingerprint density at radius 3 is 2.00 bits per heavy atom. The number of fused-ring (bicyclic) bond motifs is 6. The molecule has 0 atom stereocenters. The molecule has 1 aliphatic carbocycles. The number of hydrogen-bond acceptors (Lipinski definition) is 3. The van der Waals surface area contributed by atoms with Crippen LogP contribution >= 0.6 is 0 Å². The quantitative estimate of drug-likeness (QED) is 0.111. The van der Waals surface area contributed by atoms with E-state index in [0.29, 0.717) is 26.1 Å². The summed E-state index contributed by atoms with van der Waals surface area (Å²) < 4.78 is 1.38. The molecule has 4 heteroatoms. The van der Waals surface area contributed by atoms with Gasteiger partial charge in [0.1, 0.15) is 0 Å². The van der Waals surface area contributed by atoms with Crippen LogP contribution in [0.3, 0.4) is 0 Å². The first kappa shape index (κ1) is 26.8. The van der Waals surface area contributed by atoms with E-state index in [1.54, 1.807) is 6.08 Å². The van der Waals surface area contributed by atoms with Crippen molar-refractivity contribution in [3.05, 3.63) is 149 Å². The first-order valence-corrected chi connectivity index (χ1v) is 17.4. The van der Waals surface area contributed by atoms with E-state index in [0.717, 1.165) is 27.4 Å². The number of carbonyl (C=O) groups excluding carboxylic acids is 2. The predicted molar refractivity (Wildman–Crippen MR) is 183 cm³/mol. The predicted octanol–water partition coefficient (Wildman–Crippen LogP) is 8.94. The molecular weight excluding hydrogens is 605 g/mol. The molecule has 0 fully saturated rings. The summed E-state index contributed by atoms with van der Waals surface area (Å²) in [6.07, 6.45) is 1.76.